The average Bonchev–Trinajstić information content (AvgIpc) is 2.48. The van der Waals surface area contributed by atoms with Gasteiger partial charge in [0.2, 0.25) is 5.91 Å². The number of carbonyl (C=O) groups excluding carboxylic acids is 1. The van der Waals surface area contributed by atoms with Gasteiger partial charge < -0.3 is 10.4 Å². The summed E-state index contributed by atoms with van der Waals surface area (Å²) in [6.45, 7) is 0. The summed E-state index contributed by atoms with van der Waals surface area (Å²) in [5.41, 5.74) is 0.614. The zero-order valence-electron chi connectivity index (χ0n) is 11.8. The lowest BCUT2D eigenvalue weighted by Crippen LogP contribution is -2.35. The van der Waals surface area contributed by atoms with Gasteiger partial charge in [-0.2, -0.15) is 0 Å². The van der Waals surface area contributed by atoms with E-state index in [0.29, 0.717) is 5.56 Å². The fourth-order valence-corrected chi connectivity index (χ4v) is 2.78. The number of aliphatic carboxylic acids is 1. The van der Waals surface area contributed by atoms with E-state index in [-0.39, 0.29) is 24.1 Å². The van der Waals surface area contributed by atoms with Gasteiger partial charge in [0.15, 0.2) is 0 Å². The summed E-state index contributed by atoms with van der Waals surface area (Å²) in [7, 11) is 0. The van der Waals surface area contributed by atoms with Crippen LogP contribution in [0.15, 0.2) is 24.3 Å². The van der Waals surface area contributed by atoms with E-state index in [1.807, 2.05) is 0 Å². The number of hydrogen-bond donors (Lipinski definition) is 2. The molecule has 4 nitrogen and oxygen atoms in total. The van der Waals surface area contributed by atoms with E-state index in [0.717, 1.165) is 32.1 Å². The Bertz CT molecular complexity index is 495. The lowest BCUT2D eigenvalue weighted by atomic mass is 9.88. The van der Waals surface area contributed by atoms with Gasteiger partial charge in [0, 0.05) is 5.92 Å². The number of amides is 1. The van der Waals surface area contributed by atoms with Crippen molar-refractivity contribution in [2.45, 2.75) is 44.6 Å². The molecular formula is C16H20FNO3. The number of carboxylic acids is 1. The number of halogens is 1. The molecule has 0 radical (unpaired) electrons. The van der Waals surface area contributed by atoms with Gasteiger partial charge in [-0.3, -0.25) is 9.59 Å². The Morgan fingerprint density at radius 2 is 1.81 bits per heavy atom. The van der Waals surface area contributed by atoms with Crippen LogP contribution in [0.3, 0.4) is 0 Å². The molecular weight excluding hydrogens is 273 g/mol. The van der Waals surface area contributed by atoms with Gasteiger partial charge in [-0.1, -0.05) is 31.4 Å². The van der Waals surface area contributed by atoms with Crippen LogP contribution in [0, 0.1) is 11.7 Å². The van der Waals surface area contributed by atoms with Crippen molar-refractivity contribution in [1.29, 1.82) is 0 Å². The number of nitrogens with one attached hydrogen (secondary N) is 1. The van der Waals surface area contributed by atoms with Crippen molar-refractivity contribution in [3.05, 3.63) is 35.6 Å². The predicted octanol–water partition coefficient (Wildman–Crippen LogP) is 3.04. The molecule has 21 heavy (non-hydrogen) atoms. The van der Waals surface area contributed by atoms with Crippen LogP contribution in [-0.4, -0.2) is 17.0 Å². The molecule has 1 aliphatic carbocycles. The van der Waals surface area contributed by atoms with Gasteiger partial charge in [-0.15, -0.1) is 0 Å². The molecule has 114 valence electrons. The number of carboxylic acid groups (broad SMARTS) is 1. The van der Waals surface area contributed by atoms with E-state index in [1.165, 1.54) is 24.3 Å². The molecule has 1 aromatic carbocycles. The molecule has 0 aromatic heterocycles. The highest BCUT2D eigenvalue weighted by atomic mass is 19.1. The minimum atomic E-state index is -0.992. The SMILES string of the molecule is O=C(O)C[C@H](NC(=O)C1CCCCC1)c1ccc(F)cc1. The highest BCUT2D eigenvalue weighted by molar-refractivity contribution is 5.80. The minimum Gasteiger partial charge on any atom is -0.481 e. The van der Waals surface area contributed by atoms with Crippen LogP contribution >= 0.6 is 0 Å². The molecule has 2 rings (SSSR count). The summed E-state index contributed by atoms with van der Waals surface area (Å²) in [4.78, 5) is 23.2. The number of rotatable bonds is 5. The van der Waals surface area contributed by atoms with Gasteiger partial charge in [-0.25, -0.2) is 4.39 Å². The van der Waals surface area contributed by atoms with E-state index >= 15 is 0 Å². The number of carbonyl (C=O) groups is 2. The summed E-state index contributed by atoms with van der Waals surface area (Å²) in [6, 6.07) is 4.97. The van der Waals surface area contributed by atoms with Crippen molar-refractivity contribution < 1.29 is 19.1 Å². The molecule has 1 saturated carbocycles. The summed E-state index contributed by atoms with van der Waals surface area (Å²) < 4.78 is 13.0. The molecule has 0 saturated heterocycles. The fraction of sp³-hybridized carbons (Fsp3) is 0.500. The normalized spacial score (nSPS) is 17.2. The van der Waals surface area contributed by atoms with Crippen LogP contribution in [0.1, 0.15) is 50.1 Å². The molecule has 5 heteroatoms. The van der Waals surface area contributed by atoms with Crippen molar-refractivity contribution in [1.82, 2.24) is 5.32 Å². The Morgan fingerprint density at radius 1 is 1.19 bits per heavy atom. The van der Waals surface area contributed by atoms with Crippen molar-refractivity contribution in [2.24, 2.45) is 5.92 Å². The third-order valence-corrected chi connectivity index (χ3v) is 3.94. The molecule has 0 heterocycles. The summed E-state index contributed by atoms with van der Waals surface area (Å²) in [5, 5.41) is 11.8. The maximum Gasteiger partial charge on any atom is 0.305 e. The first-order chi connectivity index (χ1) is 10.1. The first kappa shape index (κ1) is 15.5. The summed E-state index contributed by atoms with van der Waals surface area (Å²) in [6.07, 6.45) is 4.74. The Balaban J connectivity index is 2.06. The molecule has 1 atom stereocenters. The lowest BCUT2D eigenvalue weighted by Gasteiger charge is -2.24. The average molecular weight is 293 g/mol. The van der Waals surface area contributed by atoms with Crippen LogP contribution in [-0.2, 0) is 9.59 Å². The molecule has 1 fully saturated rings. The quantitative estimate of drug-likeness (QED) is 0.877. The van der Waals surface area contributed by atoms with E-state index in [1.54, 1.807) is 0 Å². The van der Waals surface area contributed by atoms with Crippen molar-refractivity contribution >= 4 is 11.9 Å². The first-order valence-corrected chi connectivity index (χ1v) is 7.34. The molecule has 0 spiro atoms. The van der Waals surface area contributed by atoms with Crippen LogP contribution in [0.5, 0.6) is 0 Å². The predicted molar refractivity (Wildman–Crippen MR) is 76.1 cm³/mol. The van der Waals surface area contributed by atoms with E-state index in [4.69, 9.17) is 5.11 Å². The number of hydrogen-bond acceptors (Lipinski definition) is 2. The molecule has 2 N–H and O–H groups in total. The fourth-order valence-electron chi connectivity index (χ4n) is 2.78. The lowest BCUT2D eigenvalue weighted by molar-refractivity contribution is -0.138. The largest absolute Gasteiger partial charge is 0.481 e. The Hall–Kier alpha value is -1.91. The highest BCUT2D eigenvalue weighted by Crippen LogP contribution is 2.25. The zero-order valence-corrected chi connectivity index (χ0v) is 11.8. The number of benzene rings is 1. The highest BCUT2D eigenvalue weighted by Gasteiger charge is 2.25. The maximum absolute atomic E-state index is 13.0. The summed E-state index contributed by atoms with van der Waals surface area (Å²) in [5.74, 6) is -1.50. The third kappa shape index (κ3) is 4.55. The van der Waals surface area contributed by atoms with Crippen LogP contribution in [0.4, 0.5) is 4.39 Å². The zero-order chi connectivity index (χ0) is 15.2. The second-order valence-electron chi connectivity index (χ2n) is 5.55. The standard InChI is InChI=1S/C16H20FNO3/c17-13-8-6-11(7-9-13)14(10-15(19)20)18-16(21)12-4-2-1-3-5-12/h6-9,12,14H,1-5,10H2,(H,18,21)(H,19,20)/t14-/m0/s1. The Morgan fingerprint density at radius 3 is 2.38 bits per heavy atom. The van der Waals surface area contributed by atoms with Crippen molar-refractivity contribution in [2.75, 3.05) is 0 Å². The molecule has 1 aliphatic rings. The third-order valence-electron chi connectivity index (χ3n) is 3.94. The molecule has 1 aromatic rings. The van der Waals surface area contributed by atoms with Gasteiger partial charge in [0.1, 0.15) is 5.82 Å². The van der Waals surface area contributed by atoms with Gasteiger partial charge in [-0.05, 0) is 30.5 Å². The molecule has 0 aliphatic heterocycles. The van der Waals surface area contributed by atoms with Gasteiger partial charge >= 0.3 is 5.97 Å². The molecule has 0 bridgehead atoms. The second kappa shape index (κ2) is 7.20. The van der Waals surface area contributed by atoms with E-state index < -0.39 is 12.0 Å². The van der Waals surface area contributed by atoms with Crippen molar-refractivity contribution in [3.8, 4) is 0 Å². The van der Waals surface area contributed by atoms with E-state index in [2.05, 4.69) is 5.32 Å². The topological polar surface area (TPSA) is 66.4 Å². The second-order valence-corrected chi connectivity index (χ2v) is 5.55. The smallest absolute Gasteiger partial charge is 0.305 e. The van der Waals surface area contributed by atoms with Gasteiger partial charge in [0.05, 0.1) is 12.5 Å². The Kier molecular flexibility index (Phi) is 5.31. The Labute approximate surface area is 123 Å². The van der Waals surface area contributed by atoms with Crippen LogP contribution in [0.2, 0.25) is 0 Å². The van der Waals surface area contributed by atoms with Gasteiger partial charge in [0.25, 0.3) is 0 Å². The molecule has 0 unspecified atom stereocenters. The van der Waals surface area contributed by atoms with Crippen LogP contribution in [0.25, 0.3) is 0 Å². The van der Waals surface area contributed by atoms with E-state index in [9.17, 15) is 14.0 Å². The van der Waals surface area contributed by atoms with Crippen molar-refractivity contribution in [3.63, 3.8) is 0 Å². The van der Waals surface area contributed by atoms with Crippen LogP contribution < -0.4 is 5.32 Å². The maximum atomic E-state index is 13.0. The monoisotopic (exact) mass is 293 g/mol. The molecule has 1 amide bonds. The summed E-state index contributed by atoms with van der Waals surface area (Å²) >= 11 is 0. The minimum absolute atomic E-state index is 0.0320. The first-order valence-electron chi connectivity index (χ1n) is 7.34.